The lowest BCUT2D eigenvalue weighted by Gasteiger charge is -2.25. The molecule has 4 aromatic rings. The van der Waals surface area contributed by atoms with Crippen LogP contribution < -0.4 is 24.4 Å². The molecule has 3 aromatic carbocycles. The number of aromatic nitrogens is 1. The number of rotatable bonds is 8. The van der Waals surface area contributed by atoms with E-state index in [0.717, 1.165) is 11.1 Å². The highest BCUT2D eigenvalue weighted by atomic mass is 35.5. The van der Waals surface area contributed by atoms with Gasteiger partial charge in [-0.2, -0.15) is 5.26 Å². The van der Waals surface area contributed by atoms with Gasteiger partial charge < -0.3 is 14.2 Å². The van der Waals surface area contributed by atoms with Crippen molar-refractivity contribution in [1.82, 2.24) is 4.57 Å². The van der Waals surface area contributed by atoms with E-state index in [1.54, 1.807) is 34.9 Å². The highest BCUT2D eigenvalue weighted by molar-refractivity contribution is 7.07. The van der Waals surface area contributed by atoms with Crippen LogP contribution in [0.2, 0.25) is 5.02 Å². The first-order valence-electron chi connectivity index (χ1n) is 13.1. The predicted octanol–water partition coefficient (Wildman–Crippen LogP) is 4.91. The van der Waals surface area contributed by atoms with Crippen molar-refractivity contribution >= 4 is 35.0 Å². The summed E-state index contributed by atoms with van der Waals surface area (Å²) in [6.07, 6.45) is 2.22. The van der Waals surface area contributed by atoms with Crippen LogP contribution in [0.3, 0.4) is 0 Å². The van der Waals surface area contributed by atoms with E-state index in [-0.39, 0.29) is 12.2 Å². The van der Waals surface area contributed by atoms with Crippen LogP contribution in [0.4, 0.5) is 0 Å². The summed E-state index contributed by atoms with van der Waals surface area (Å²) in [5.74, 6) is 0.243. The van der Waals surface area contributed by atoms with E-state index in [1.165, 1.54) is 25.6 Å². The molecule has 1 aromatic heterocycles. The van der Waals surface area contributed by atoms with Crippen molar-refractivity contribution in [2.24, 2.45) is 4.99 Å². The normalized spacial score (nSPS) is 14.5. The molecular formula is C32H26ClN3O5S. The van der Waals surface area contributed by atoms with Crippen LogP contribution in [0, 0.1) is 11.3 Å². The number of nitriles is 1. The summed E-state index contributed by atoms with van der Waals surface area (Å²) >= 11 is 7.85. The Kier molecular flexibility index (Phi) is 8.57. The van der Waals surface area contributed by atoms with Crippen molar-refractivity contribution in [3.05, 3.63) is 125 Å². The average Bonchev–Trinajstić information content (AvgIpc) is 3.33. The molecule has 10 heteroatoms. The minimum atomic E-state index is -0.678. The minimum Gasteiger partial charge on any atom is -0.493 e. The van der Waals surface area contributed by atoms with Gasteiger partial charge in [-0.3, -0.25) is 9.36 Å². The van der Waals surface area contributed by atoms with Crippen LogP contribution in [-0.2, 0) is 16.1 Å². The van der Waals surface area contributed by atoms with Gasteiger partial charge in [0, 0.05) is 0 Å². The van der Waals surface area contributed by atoms with E-state index >= 15 is 0 Å². The molecule has 212 valence electrons. The van der Waals surface area contributed by atoms with Gasteiger partial charge >= 0.3 is 5.97 Å². The number of hydrogen-bond acceptors (Lipinski definition) is 8. The second-order valence-electron chi connectivity index (χ2n) is 9.33. The Labute approximate surface area is 251 Å². The van der Waals surface area contributed by atoms with E-state index in [2.05, 4.69) is 6.07 Å². The first-order valence-corrected chi connectivity index (χ1v) is 14.2. The number of thiazole rings is 1. The maximum Gasteiger partial charge on any atom is 0.338 e. The summed E-state index contributed by atoms with van der Waals surface area (Å²) in [6, 6.07) is 21.3. The van der Waals surface area contributed by atoms with Crippen LogP contribution in [0.25, 0.3) is 6.08 Å². The van der Waals surface area contributed by atoms with Crippen molar-refractivity contribution in [3.8, 4) is 17.6 Å². The molecule has 0 saturated heterocycles. The summed E-state index contributed by atoms with van der Waals surface area (Å²) < 4.78 is 18.6. The molecular weight excluding hydrogens is 574 g/mol. The topological polar surface area (TPSA) is 103 Å². The second-order valence-corrected chi connectivity index (χ2v) is 10.7. The van der Waals surface area contributed by atoms with Crippen LogP contribution in [0.1, 0.15) is 41.6 Å². The number of hydrogen-bond donors (Lipinski definition) is 0. The molecule has 0 saturated carbocycles. The predicted molar refractivity (Wildman–Crippen MR) is 160 cm³/mol. The SMILES string of the molecule is CCC1=C(C(=O)OC)[C@@H](c2ccccc2)n2c(s/c(=C/c3cc(Cl)c(OCc4ccc(C#N)cc4)c(OC)c3)c2=O)=N1. The van der Waals surface area contributed by atoms with Crippen LogP contribution in [-0.4, -0.2) is 24.8 Å². The monoisotopic (exact) mass is 599 g/mol. The molecule has 1 atom stereocenters. The third-order valence-corrected chi connectivity index (χ3v) is 8.04. The molecule has 0 bridgehead atoms. The fraction of sp³-hybridized carbons (Fsp3) is 0.188. The van der Waals surface area contributed by atoms with E-state index in [1.807, 2.05) is 49.4 Å². The zero-order valence-corrected chi connectivity index (χ0v) is 24.7. The molecule has 0 N–H and O–H groups in total. The molecule has 0 amide bonds. The van der Waals surface area contributed by atoms with Crippen molar-refractivity contribution in [2.45, 2.75) is 26.0 Å². The maximum absolute atomic E-state index is 13.9. The van der Waals surface area contributed by atoms with Crippen molar-refractivity contribution in [3.63, 3.8) is 0 Å². The van der Waals surface area contributed by atoms with Crippen LogP contribution >= 0.6 is 22.9 Å². The zero-order chi connectivity index (χ0) is 29.8. The van der Waals surface area contributed by atoms with Gasteiger partial charge in [-0.05, 0) is 53.5 Å². The Hall–Kier alpha value is -4.65. The fourth-order valence-corrected chi connectivity index (χ4v) is 6.05. The first-order chi connectivity index (χ1) is 20.4. The number of halogens is 1. The highest BCUT2D eigenvalue weighted by Crippen LogP contribution is 2.37. The van der Waals surface area contributed by atoms with Gasteiger partial charge in [0.25, 0.3) is 5.56 Å². The Morgan fingerprint density at radius 2 is 1.88 bits per heavy atom. The van der Waals surface area contributed by atoms with Crippen LogP contribution in [0.5, 0.6) is 11.5 Å². The molecule has 8 nitrogen and oxygen atoms in total. The standard InChI is InChI=1S/C32H26ClN3O5S/c1-4-24-27(31(38)40-3)28(22-8-6-5-7-9-22)36-30(37)26(42-32(36)35-24)16-21-14-23(33)29(25(15-21)39-2)41-18-20-12-10-19(17-34)11-13-20/h5-16,28H,4,18H2,1-3H3/b26-16+/t28-/m1/s1. The molecule has 0 unspecified atom stereocenters. The number of benzene rings is 3. The van der Waals surface area contributed by atoms with Gasteiger partial charge in [-0.25, -0.2) is 9.79 Å². The summed E-state index contributed by atoms with van der Waals surface area (Å²) in [7, 11) is 2.84. The number of carbonyl (C=O) groups is 1. The maximum atomic E-state index is 13.9. The summed E-state index contributed by atoms with van der Waals surface area (Å²) in [5, 5.41) is 9.32. The lowest BCUT2D eigenvalue weighted by atomic mass is 9.95. The summed E-state index contributed by atoms with van der Waals surface area (Å²) in [6.45, 7) is 2.14. The third kappa shape index (κ3) is 5.59. The molecule has 0 fully saturated rings. The Balaban J connectivity index is 1.56. The fourth-order valence-electron chi connectivity index (χ4n) is 4.76. The molecule has 5 rings (SSSR count). The third-order valence-electron chi connectivity index (χ3n) is 6.78. The summed E-state index contributed by atoms with van der Waals surface area (Å²) in [5.41, 5.74) is 3.47. The smallest absolute Gasteiger partial charge is 0.338 e. The number of methoxy groups -OCH3 is 2. The van der Waals surface area contributed by atoms with E-state index < -0.39 is 12.0 Å². The van der Waals surface area contributed by atoms with Gasteiger partial charge in [0.2, 0.25) is 0 Å². The van der Waals surface area contributed by atoms with Gasteiger partial charge in [-0.1, -0.05) is 72.3 Å². The quantitative estimate of drug-likeness (QED) is 0.267. The van der Waals surface area contributed by atoms with Gasteiger partial charge in [0.05, 0.1) is 52.7 Å². The lowest BCUT2D eigenvalue weighted by Crippen LogP contribution is -2.40. The molecule has 42 heavy (non-hydrogen) atoms. The van der Waals surface area contributed by atoms with Crippen LogP contribution in [0.15, 0.2) is 87.8 Å². The number of carbonyl (C=O) groups excluding carboxylic acids is 1. The number of allylic oxidation sites excluding steroid dienone is 1. The van der Waals surface area contributed by atoms with Gasteiger partial charge in [-0.15, -0.1) is 0 Å². The van der Waals surface area contributed by atoms with E-state index in [4.69, 9.17) is 36.1 Å². The van der Waals surface area contributed by atoms with E-state index in [0.29, 0.717) is 54.7 Å². The Morgan fingerprint density at radius 3 is 2.52 bits per heavy atom. The molecule has 0 spiro atoms. The number of ether oxygens (including phenoxy) is 3. The summed E-state index contributed by atoms with van der Waals surface area (Å²) in [4.78, 5) is 32.0. The number of nitrogens with zero attached hydrogens (tertiary/aromatic N) is 3. The first kappa shape index (κ1) is 28.9. The van der Waals surface area contributed by atoms with Crippen molar-refractivity contribution < 1.29 is 19.0 Å². The largest absolute Gasteiger partial charge is 0.493 e. The molecule has 2 heterocycles. The molecule has 1 aliphatic heterocycles. The molecule has 0 radical (unpaired) electrons. The van der Waals surface area contributed by atoms with Crippen molar-refractivity contribution in [1.29, 1.82) is 5.26 Å². The van der Waals surface area contributed by atoms with Crippen molar-refractivity contribution in [2.75, 3.05) is 14.2 Å². The average molecular weight is 600 g/mol. The van der Waals surface area contributed by atoms with E-state index in [9.17, 15) is 9.59 Å². The number of esters is 1. The molecule has 0 aliphatic carbocycles. The Bertz CT molecular complexity index is 1900. The Morgan fingerprint density at radius 1 is 1.14 bits per heavy atom. The zero-order valence-electron chi connectivity index (χ0n) is 23.1. The minimum absolute atomic E-state index is 0.224. The van der Waals surface area contributed by atoms with Gasteiger partial charge in [0.1, 0.15) is 6.61 Å². The molecule has 1 aliphatic rings. The van der Waals surface area contributed by atoms with Gasteiger partial charge in [0.15, 0.2) is 16.3 Å². The lowest BCUT2D eigenvalue weighted by molar-refractivity contribution is -0.136. The highest BCUT2D eigenvalue weighted by Gasteiger charge is 2.33. The number of fused-ring (bicyclic) bond motifs is 1. The second kappa shape index (κ2) is 12.5.